The van der Waals surface area contributed by atoms with Crippen LogP contribution in [-0.4, -0.2) is 41.5 Å². The molecular formula is C36H36F3N7O2S. The minimum absolute atomic E-state index is 0.0614. The molecule has 0 heterocycles. The van der Waals surface area contributed by atoms with Crippen molar-refractivity contribution in [2.75, 3.05) is 5.75 Å². The van der Waals surface area contributed by atoms with Gasteiger partial charge in [-0.15, -0.1) is 13.2 Å². The molecule has 0 saturated heterocycles. The molecular weight excluding hydrogens is 652 g/mol. The van der Waals surface area contributed by atoms with Gasteiger partial charge >= 0.3 is 6.36 Å². The SMILES string of the molecule is CC(=O)/C(CSC(N)=Nc1c(C)cccc1C)=C(\N)c1ccccc1.N=Cc1ccc(C(N)=NC=Nc2ccc(OC(F)(F)F)cc2)cc1. The molecule has 254 valence electrons. The number of halogens is 3. The largest absolute Gasteiger partial charge is 0.573 e. The summed E-state index contributed by atoms with van der Waals surface area (Å²) in [5, 5.41) is 7.53. The van der Waals surface area contributed by atoms with Crippen LogP contribution in [0.25, 0.3) is 5.70 Å². The molecule has 7 N–H and O–H groups in total. The van der Waals surface area contributed by atoms with Crippen LogP contribution in [0.4, 0.5) is 24.5 Å². The van der Waals surface area contributed by atoms with Crippen LogP contribution in [0.5, 0.6) is 5.75 Å². The Morgan fingerprint density at radius 1 is 0.857 bits per heavy atom. The van der Waals surface area contributed by atoms with E-state index in [0.717, 1.165) is 40.1 Å². The number of carbonyl (C=O) groups excluding carboxylic acids is 1. The highest BCUT2D eigenvalue weighted by Crippen LogP contribution is 2.26. The van der Waals surface area contributed by atoms with Crippen molar-refractivity contribution in [3.63, 3.8) is 0 Å². The lowest BCUT2D eigenvalue weighted by Crippen LogP contribution is -2.16. The number of thioether (sulfide) groups is 1. The average Bonchev–Trinajstić information content (AvgIpc) is 3.07. The second-order valence-electron chi connectivity index (χ2n) is 10.4. The van der Waals surface area contributed by atoms with Crippen LogP contribution in [0, 0.1) is 19.3 Å². The van der Waals surface area contributed by atoms with E-state index in [1.807, 2.05) is 62.4 Å². The number of hydrogen-bond donors (Lipinski definition) is 4. The second-order valence-corrected chi connectivity index (χ2v) is 11.4. The van der Waals surface area contributed by atoms with Gasteiger partial charge in [0, 0.05) is 28.8 Å². The molecule has 0 unspecified atom stereocenters. The van der Waals surface area contributed by atoms with E-state index in [1.54, 1.807) is 24.3 Å². The van der Waals surface area contributed by atoms with Crippen molar-refractivity contribution in [2.45, 2.75) is 27.1 Å². The van der Waals surface area contributed by atoms with Gasteiger partial charge in [-0.05, 0) is 67.3 Å². The van der Waals surface area contributed by atoms with Crippen molar-refractivity contribution in [1.29, 1.82) is 5.41 Å². The smallest absolute Gasteiger partial charge is 0.406 e. The van der Waals surface area contributed by atoms with Gasteiger partial charge in [0.25, 0.3) is 0 Å². The highest BCUT2D eigenvalue weighted by Gasteiger charge is 2.30. The number of alkyl halides is 3. The number of nitrogens with one attached hydrogen (secondary N) is 1. The number of ether oxygens (including phenoxy) is 1. The number of Topliss-reactive ketones (excluding diaryl/α,β-unsaturated/α-hetero) is 1. The third kappa shape index (κ3) is 12.5. The Bertz CT molecular complexity index is 1830. The second kappa shape index (κ2) is 18.0. The number of amidine groups is 2. The number of aryl methyl sites for hydroxylation is 2. The number of para-hydroxylation sites is 1. The standard InChI is InChI=1S/C20H23N3OS.C16H13F3N4O/c1-13-8-7-9-14(2)19(13)23-20(22)25-12-17(15(3)24)18(21)16-10-5-4-6-11-16;17-16(18,19)24-14-7-5-13(6-8-14)22-10-23-15(21)12-3-1-11(9-20)2-4-12/h4-11H,12,21H2,1-3H3,(H2,22,23);1-10,20H,(H2,21,22,23)/b18-17-;. The van der Waals surface area contributed by atoms with E-state index in [4.69, 9.17) is 22.6 Å². The maximum absolute atomic E-state index is 12.0. The summed E-state index contributed by atoms with van der Waals surface area (Å²) in [5.41, 5.74) is 24.7. The zero-order chi connectivity index (χ0) is 36.0. The van der Waals surface area contributed by atoms with Gasteiger partial charge < -0.3 is 27.3 Å². The Kier molecular flexibility index (Phi) is 13.9. The summed E-state index contributed by atoms with van der Waals surface area (Å²) in [6, 6.07) is 27.4. The van der Waals surface area contributed by atoms with Crippen LogP contribution in [0.2, 0.25) is 0 Å². The Labute approximate surface area is 287 Å². The molecule has 4 aromatic rings. The van der Waals surface area contributed by atoms with Crippen LogP contribution < -0.4 is 21.9 Å². The van der Waals surface area contributed by atoms with Gasteiger partial charge in [-0.2, -0.15) is 0 Å². The Morgan fingerprint density at radius 2 is 1.47 bits per heavy atom. The lowest BCUT2D eigenvalue weighted by atomic mass is 10.1. The van der Waals surface area contributed by atoms with E-state index < -0.39 is 6.36 Å². The first-order chi connectivity index (χ1) is 23.3. The fourth-order valence-corrected chi connectivity index (χ4v) is 4.95. The predicted octanol–water partition coefficient (Wildman–Crippen LogP) is 7.59. The predicted molar refractivity (Wildman–Crippen MR) is 194 cm³/mol. The molecule has 0 aliphatic rings. The first kappa shape index (κ1) is 37.8. The van der Waals surface area contributed by atoms with Crippen LogP contribution >= 0.6 is 11.8 Å². The van der Waals surface area contributed by atoms with Gasteiger partial charge in [0.15, 0.2) is 11.0 Å². The number of nitrogens with two attached hydrogens (primary N) is 3. The first-order valence-electron chi connectivity index (χ1n) is 14.7. The molecule has 0 bridgehead atoms. The Morgan fingerprint density at radius 3 is 2.02 bits per heavy atom. The molecule has 0 fully saturated rings. The average molecular weight is 688 g/mol. The molecule has 0 saturated carbocycles. The van der Waals surface area contributed by atoms with Gasteiger partial charge in [-0.3, -0.25) is 4.79 Å². The number of aliphatic imine (C=N–C) groups is 3. The van der Waals surface area contributed by atoms with E-state index in [-0.39, 0.29) is 17.4 Å². The number of hydrogen-bond acceptors (Lipinski definition) is 7. The number of carbonyl (C=O) groups is 1. The summed E-state index contributed by atoms with van der Waals surface area (Å²) in [4.78, 5) is 24.4. The third-order valence-electron chi connectivity index (χ3n) is 6.71. The molecule has 4 rings (SSSR count). The quantitative estimate of drug-likeness (QED) is 0.0762. The highest BCUT2D eigenvalue weighted by atomic mass is 32.2. The maximum atomic E-state index is 12.0. The van der Waals surface area contributed by atoms with Crippen molar-refractivity contribution in [1.82, 2.24) is 0 Å². The third-order valence-corrected chi connectivity index (χ3v) is 7.53. The van der Waals surface area contributed by atoms with Crippen LogP contribution in [0.1, 0.15) is 34.7 Å². The zero-order valence-electron chi connectivity index (χ0n) is 27.0. The maximum Gasteiger partial charge on any atom is 0.573 e. The van der Waals surface area contributed by atoms with Gasteiger partial charge in [-0.25, -0.2) is 15.0 Å². The van der Waals surface area contributed by atoms with Crippen molar-refractivity contribution < 1.29 is 22.7 Å². The molecule has 49 heavy (non-hydrogen) atoms. The molecule has 0 amide bonds. The number of rotatable bonds is 10. The van der Waals surface area contributed by atoms with Crippen molar-refractivity contribution >= 4 is 58.2 Å². The summed E-state index contributed by atoms with van der Waals surface area (Å²) in [6.07, 6.45) is -2.30. The summed E-state index contributed by atoms with van der Waals surface area (Å²) < 4.78 is 39.9. The van der Waals surface area contributed by atoms with Crippen molar-refractivity contribution in [3.8, 4) is 5.75 Å². The highest BCUT2D eigenvalue weighted by molar-refractivity contribution is 8.14. The van der Waals surface area contributed by atoms with Crippen LogP contribution in [0.15, 0.2) is 118 Å². The van der Waals surface area contributed by atoms with Crippen molar-refractivity contribution in [2.24, 2.45) is 32.2 Å². The molecule has 0 spiro atoms. The molecule has 4 aromatic carbocycles. The molecule has 0 aliphatic heterocycles. The monoisotopic (exact) mass is 687 g/mol. The number of benzene rings is 4. The minimum Gasteiger partial charge on any atom is -0.406 e. The zero-order valence-corrected chi connectivity index (χ0v) is 27.8. The van der Waals surface area contributed by atoms with E-state index in [9.17, 15) is 18.0 Å². The molecule has 0 atom stereocenters. The Balaban J connectivity index is 0.000000266. The summed E-state index contributed by atoms with van der Waals surface area (Å²) in [6.45, 7) is 5.51. The lowest BCUT2D eigenvalue weighted by Gasteiger charge is -2.10. The molecule has 0 aromatic heterocycles. The number of ketones is 1. The number of nitrogens with zero attached hydrogens (tertiary/aromatic N) is 3. The first-order valence-corrected chi connectivity index (χ1v) is 15.7. The van der Waals surface area contributed by atoms with E-state index in [2.05, 4.69) is 19.7 Å². The molecule has 9 nitrogen and oxygen atoms in total. The van der Waals surface area contributed by atoms with Crippen LogP contribution in [-0.2, 0) is 4.79 Å². The fourth-order valence-electron chi connectivity index (χ4n) is 4.15. The van der Waals surface area contributed by atoms with Gasteiger partial charge in [0.1, 0.15) is 17.9 Å². The van der Waals surface area contributed by atoms with E-state index in [1.165, 1.54) is 43.4 Å². The summed E-state index contributed by atoms with van der Waals surface area (Å²) in [7, 11) is 0. The lowest BCUT2D eigenvalue weighted by molar-refractivity contribution is -0.274. The van der Waals surface area contributed by atoms with Crippen molar-refractivity contribution in [3.05, 3.63) is 130 Å². The van der Waals surface area contributed by atoms with Gasteiger partial charge in [0.05, 0.1) is 11.4 Å². The van der Waals surface area contributed by atoms with Gasteiger partial charge in [0.2, 0.25) is 0 Å². The summed E-state index contributed by atoms with van der Waals surface area (Å²) >= 11 is 1.32. The fraction of sp³-hybridized carbons (Fsp3) is 0.139. The normalized spacial score (nSPS) is 12.5. The van der Waals surface area contributed by atoms with E-state index >= 15 is 0 Å². The summed E-state index contributed by atoms with van der Waals surface area (Å²) in [5.74, 6) is 0.229. The Hall–Kier alpha value is -5.69. The molecule has 0 radical (unpaired) electrons. The van der Waals surface area contributed by atoms with Crippen LogP contribution in [0.3, 0.4) is 0 Å². The molecule has 13 heteroatoms. The van der Waals surface area contributed by atoms with Gasteiger partial charge in [-0.1, -0.05) is 84.6 Å². The topological polar surface area (TPSA) is 165 Å². The van der Waals surface area contributed by atoms with E-state index in [0.29, 0.717) is 33.4 Å². The minimum atomic E-state index is -4.73. The molecule has 0 aliphatic carbocycles.